The first-order valence-electron chi connectivity index (χ1n) is 10.1. The Kier molecular flexibility index (Phi) is 5.67. The van der Waals surface area contributed by atoms with Gasteiger partial charge in [0.05, 0.1) is 20.6 Å². The lowest BCUT2D eigenvalue weighted by Crippen LogP contribution is -2.30. The van der Waals surface area contributed by atoms with Gasteiger partial charge in [0, 0.05) is 56.0 Å². The first kappa shape index (κ1) is 19.6. The number of benzene rings is 1. The van der Waals surface area contributed by atoms with Crippen LogP contribution in [0.3, 0.4) is 0 Å². The van der Waals surface area contributed by atoms with Crippen molar-refractivity contribution in [3.05, 3.63) is 47.0 Å². The third-order valence-corrected chi connectivity index (χ3v) is 5.85. The quantitative estimate of drug-likeness (QED) is 0.771. The van der Waals surface area contributed by atoms with Crippen LogP contribution in [0.2, 0.25) is 0 Å². The van der Waals surface area contributed by atoms with E-state index in [2.05, 4.69) is 16.9 Å². The molecule has 1 aromatic carbocycles. The van der Waals surface area contributed by atoms with E-state index in [-0.39, 0.29) is 11.8 Å². The average molecular weight is 396 g/mol. The molecule has 0 unspecified atom stereocenters. The monoisotopic (exact) mass is 396 g/mol. The highest BCUT2D eigenvalue weighted by Gasteiger charge is 2.30. The minimum absolute atomic E-state index is 0.124. The van der Waals surface area contributed by atoms with Crippen molar-refractivity contribution in [3.8, 4) is 11.5 Å². The number of rotatable bonds is 5. The van der Waals surface area contributed by atoms with Gasteiger partial charge in [-0.3, -0.25) is 4.79 Å². The standard InChI is InChI=1S/C22H28N4O3/c1-25-8-7-18-17(13-25)12-23-22(24-18)16-6-9-26(14-16)21(27)11-15-4-5-19(28-2)20(10-15)29-3/h4-5,10,12,16H,6-9,11,13-14H2,1-3H3/t16-/m1/s1. The van der Waals surface area contributed by atoms with Gasteiger partial charge in [0.25, 0.3) is 0 Å². The van der Waals surface area contributed by atoms with Crippen molar-refractivity contribution in [1.82, 2.24) is 19.8 Å². The van der Waals surface area contributed by atoms with Crippen molar-refractivity contribution in [1.29, 1.82) is 0 Å². The van der Waals surface area contributed by atoms with Crippen LogP contribution in [0.1, 0.15) is 35.0 Å². The van der Waals surface area contributed by atoms with E-state index in [1.54, 1.807) is 14.2 Å². The number of aromatic nitrogens is 2. The number of likely N-dealkylation sites (tertiary alicyclic amines) is 1. The summed E-state index contributed by atoms with van der Waals surface area (Å²) in [5.74, 6) is 2.54. The molecule has 0 N–H and O–H groups in total. The Morgan fingerprint density at radius 3 is 2.83 bits per heavy atom. The van der Waals surface area contributed by atoms with Crippen LogP contribution in [0.5, 0.6) is 11.5 Å². The molecule has 29 heavy (non-hydrogen) atoms. The molecule has 1 saturated heterocycles. The Balaban J connectivity index is 1.40. The van der Waals surface area contributed by atoms with Gasteiger partial charge >= 0.3 is 0 Å². The van der Waals surface area contributed by atoms with E-state index >= 15 is 0 Å². The second kappa shape index (κ2) is 8.37. The molecule has 1 amide bonds. The molecule has 0 spiro atoms. The molecular formula is C22H28N4O3. The SMILES string of the molecule is COc1ccc(CC(=O)N2CC[C@@H](c3ncc4c(n3)CCN(C)C4)C2)cc1OC. The minimum atomic E-state index is 0.124. The molecule has 1 aromatic heterocycles. The van der Waals surface area contributed by atoms with E-state index < -0.39 is 0 Å². The van der Waals surface area contributed by atoms with Gasteiger partial charge in [-0.05, 0) is 31.2 Å². The van der Waals surface area contributed by atoms with Crippen LogP contribution in [0, 0.1) is 0 Å². The number of hydrogen-bond donors (Lipinski definition) is 0. The Hall–Kier alpha value is -2.67. The predicted molar refractivity (Wildman–Crippen MR) is 109 cm³/mol. The number of nitrogens with zero attached hydrogens (tertiary/aromatic N) is 4. The van der Waals surface area contributed by atoms with E-state index in [1.807, 2.05) is 29.3 Å². The predicted octanol–water partition coefficient (Wildman–Crippen LogP) is 2.04. The molecule has 0 aliphatic carbocycles. The van der Waals surface area contributed by atoms with Gasteiger partial charge in [0.2, 0.25) is 5.91 Å². The van der Waals surface area contributed by atoms with Crippen molar-refractivity contribution in [2.45, 2.75) is 31.7 Å². The highest BCUT2D eigenvalue weighted by Crippen LogP contribution is 2.29. The second-order valence-electron chi connectivity index (χ2n) is 7.88. The summed E-state index contributed by atoms with van der Waals surface area (Å²) in [5, 5.41) is 0. The number of fused-ring (bicyclic) bond motifs is 1. The number of methoxy groups -OCH3 is 2. The Bertz CT molecular complexity index is 902. The summed E-state index contributed by atoms with van der Waals surface area (Å²) in [4.78, 5) is 26.5. The lowest BCUT2D eigenvalue weighted by molar-refractivity contribution is -0.129. The van der Waals surface area contributed by atoms with Gasteiger partial charge in [-0.25, -0.2) is 9.97 Å². The van der Waals surface area contributed by atoms with Crippen molar-refractivity contribution in [2.24, 2.45) is 0 Å². The Morgan fingerprint density at radius 1 is 1.21 bits per heavy atom. The number of hydrogen-bond acceptors (Lipinski definition) is 6. The summed E-state index contributed by atoms with van der Waals surface area (Å²) in [6.45, 7) is 3.38. The van der Waals surface area contributed by atoms with E-state index in [1.165, 1.54) is 11.3 Å². The Morgan fingerprint density at radius 2 is 2.03 bits per heavy atom. The van der Waals surface area contributed by atoms with Crippen LogP contribution in [-0.4, -0.2) is 66.6 Å². The lowest BCUT2D eigenvalue weighted by Gasteiger charge is -2.24. The largest absolute Gasteiger partial charge is 0.493 e. The first-order chi connectivity index (χ1) is 14.1. The molecule has 2 aromatic rings. The molecule has 154 valence electrons. The van der Waals surface area contributed by atoms with Crippen molar-refractivity contribution in [3.63, 3.8) is 0 Å². The molecule has 2 aliphatic heterocycles. The molecule has 1 fully saturated rings. The highest BCUT2D eigenvalue weighted by molar-refractivity contribution is 5.79. The van der Waals surface area contributed by atoms with E-state index in [0.717, 1.165) is 43.9 Å². The zero-order valence-electron chi connectivity index (χ0n) is 17.4. The van der Waals surface area contributed by atoms with Crippen LogP contribution in [0.15, 0.2) is 24.4 Å². The van der Waals surface area contributed by atoms with Crippen molar-refractivity contribution < 1.29 is 14.3 Å². The fourth-order valence-corrected chi connectivity index (χ4v) is 4.14. The third-order valence-electron chi connectivity index (χ3n) is 5.85. The summed E-state index contributed by atoms with van der Waals surface area (Å²) < 4.78 is 10.6. The molecule has 2 aliphatic rings. The fraction of sp³-hybridized carbons (Fsp3) is 0.500. The van der Waals surface area contributed by atoms with Crippen LogP contribution in [0.25, 0.3) is 0 Å². The molecule has 0 saturated carbocycles. The Labute approximate surface area is 171 Å². The van der Waals surface area contributed by atoms with E-state index in [9.17, 15) is 4.79 Å². The van der Waals surface area contributed by atoms with Gasteiger partial charge in [-0.2, -0.15) is 0 Å². The zero-order valence-corrected chi connectivity index (χ0v) is 17.4. The normalized spacial score (nSPS) is 19.1. The highest BCUT2D eigenvalue weighted by atomic mass is 16.5. The number of carbonyl (C=O) groups excluding carboxylic acids is 1. The maximum atomic E-state index is 12.8. The van der Waals surface area contributed by atoms with Gasteiger partial charge in [-0.1, -0.05) is 6.07 Å². The summed E-state index contributed by atoms with van der Waals surface area (Å²) in [6, 6.07) is 5.62. The van der Waals surface area contributed by atoms with Crippen LogP contribution >= 0.6 is 0 Å². The third kappa shape index (κ3) is 4.19. The molecule has 7 nitrogen and oxygen atoms in total. The zero-order chi connectivity index (χ0) is 20.4. The van der Waals surface area contributed by atoms with Crippen LogP contribution < -0.4 is 9.47 Å². The number of likely N-dealkylation sites (N-methyl/N-ethyl adjacent to an activating group) is 1. The van der Waals surface area contributed by atoms with Gasteiger partial charge in [0.15, 0.2) is 11.5 Å². The maximum Gasteiger partial charge on any atom is 0.227 e. The van der Waals surface area contributed by atoms with Gasteiger partial charge in [0.1, 0.15) is 5.82 Å². The molecular weight excluding hydrogens is 368 g/mol. The second-order valence-corrected chi connectivity index (χ2v) is 7.88. The average Bonchev–Trinajstić information content (AvgIpc) is 3.23. The molecule has 1 atom stereocenters. The summed E-state index contributed by atoms with van der Waals surface area (Å²) >= 11 is 0. The number of carbonyl (C=O) groups is 1. The number of ether oxygens (including phenoxy) is 2. The minimum Gasteiger partial charge on any atom is -0.493 e. The smallest absolute Gasteiger partial charge is 0.227 e. The molecule has 7 heteroatoms. The topological polar surface area (TPSA) is 67.8 Å². The van der Waals surface area contributed by atoms with E-state index in [4.69, 9.17) is 14.5 Å². The summed E-state index contributed by atoms with van der Waals surface area (Å²) in [5.41, 5.74) is 3.32. The first-order valence-corrected chi connectivity index (χ1v) is 10.1. The van der Waals surface area contributed by atoms with Crippen molar-refractivity contribution >= 4 is 5.91 Å². The fourth-order valence-electron chi connectivity index (χ4n) is 4.14. The van der Waals surface area contributed by atoms with Crippen molar-refractivity contribution in [2.75, 3.05) is 40.9 Å². The van der Waals surface area contributed by atoms with Crippen LogP contribution in [-0.2, 0) is 24.2 Å². The number of amides is 1. The molecule has 3 heterocycles. The van der Waals surface area contributed by atoms with Gasteiger partial charge < -0.3 is 19.3 Å². The summed E-state index contributed by atoms with van der Waals surface area (Å²) in [7, 11) is 5.33. The lowest BCUT2D eigenvalue weighted by atomic mass is 10.1. The molecule has 4 rings (SSSR count). The molecule has 0 bridgehead atoms. The van der Waals surface area contributed by atoms with Gasteiger partial charge in [-0.15, -0.1) is 0 Å². The van der Waals surface area contributed by atoms with E-state index in [0.29, 0.717) is 24.5 Å². The summed E-state index contributed by atoms with van der Waals surface area (Å²) in [6.07, 6.45) is 4.21. The molecule has 0 radical (unpaired) electrons. The van der Waals surface area contributed by atoms with Crippen LogP contribution in [0.4, 0.5) is 0 Å². The maximum absolute atomic E-state index is 12.8.